The van der Waals surface area contributed by atoms with E-state index in [1.807, 2.05) is 81.2 Å². The highest BCUT2D eigenvalue weighted by Gasteiger charge is 2.44. The number of anilines is 1. The summed E-state index contributed by atoms with van der Waals surface area (Å²) in [5, 5.41) is 0.693. The van der Waals surface area contributed by atoms with Crippen molar-refractivity contribution in [3.05, 3.63) is 88.7 Å². The van der Waals surface area contributed by atoms with Gasteiger partial charge in [0.2, 0.25) is 5.69 Å². The molecule has 3 aromatic rings. The van der Waals surface area contributed by atoms with Crippen LogP contribution in [0.25, 0.3) is 10.1 Å². The summed E-state index contributed by atoms with van der Waals surface area (Å²) in [6.45, 7) is 12.8. The Hall–Kier alpha value is -3.18. The maximum absolute atomic E-state index is 12.1. The van der Waals surface area contributed by atoms with Gasteiger partial charge in [-0.05, 0) is 69.5 Å². The molecule has 2 aromatic carbocycles. The molecule has 0 aliphatic carbocycles. The minimum Gasteiger partial charge on any atom is -0.344 e. The van der Waals surface area contributed by atoms with E-state index in [-0.39, 0.29) is 34.8 Å². The van der Waals surface area contributed by atoms with Crippen LogP contribution in [0.15, 0.2) is 70.6 Å². The molecule has 0 saturated carbocycles. The normalized spacial score (nSPS) is 18.3. The Bertz CT molecular complexity index is 2330. The molecular formula is C35H43N2O9S4+. The van der Waals surface area contributed by atoms with Gasteiger partial charge < -0.3 is 4.90 Å². The Balaban J connectivity index is 1.53. The zero-order chi connectivity index (χ0) is 37.0. The molecule has 0 amide bonds. The van der Waals surface area contributed by atoms with Crippen molar-refractivity contribution in [2.45, 2.75) is 69.4 Å². The number of nitrogens with zero attached hydrogens (tertiary/aromatic N) is 2. The Morgan fingerprint density at radius 2 is 1.50 bits per heavy atom. The quantitative estimate of drug-likeness (QED) is 0.105. The Labute approximate surface area is 298 Å². The van der Waals surface area contributed by atoms with E-state index in [2.05, 4.69) is 24.5 Å². The molecule has 0 unspecified atom stereocenters. The summed E-state index contributed by atoms with van der Waals surface area (Å²) >= 11 is 1.000. The summed E-state index contributed by atoms with van der Waals surface area (Å²) in [4.78, 5) is 2.00. The van der Waals surface area contributed by atoms with Gasteiger partial charge in [-0.1, -0.05) is 43.7 Å². The van der Waals surface area contributed by atoms with Gasteiger partial charge in [-0.25, -0.2) is 0 Å². The van der Waals surface area contributed by atoms with Crippen molar-refractivity contribution in [2.24, 2.45) is 0 Å². The van der Waals surface area contributed by atoms with E-state index in [1.165, 1.54) is 6.07 Å². The molecule has 270 valence electrons. The largest absolute Gasteiger partial charge is 0.344 e. The topological polar surface area (TPSA) is 169 Å². The fraction of sp³-hybridized carbons (Fsp3) is 0.400. The molecule has 3 N–H and O–H groups in total. The zero-order valence-electron chi connectivity index (χ0n) is 28.8. The van der Waals surface area contributed by atoms with Crippen LogP contribution in [0.2, 0.25) is 0 Å². The number of thiophene rings is 1. The molecule has 1 aromatic heterocycles. The van der Waals surface area contributed by atoms with Gasteiger partial charge >= 0.3 is 10.1 Å². The monoisotopic (exact) mass is 763 g/mol. The second-order valence-electron chi connectivity index (χ2n) is 13.9. The molecule has 0 atom stereocenters. The molecule has 15 heteroatoms. The Morgan fingerprint density at radius 1 is 0.840 bits per heavy atom. The van der Waals surface area contributed by atoms with Crippen LogP contribution in [0.5, 0.6) is 0 Å². The van der Waals surface area contributed by atoms with E-state index < -0.39 is 41.5 Å². The second-order valence-corrected chi connectivity index (χ2v) is 19.7. The van der Waals surface area contributed by atoms with Crippen LogP contribution in [-0.4, -0.2) is 73.8 Å². The van der Waals surface area contributed by atoms with Gasteiger partial charge in [0.1, 0.15) is 10.8 Å². The van der Waals surface area contributed by atoms with Crippen molar-refractivity contribution < 1.29 is 43.5 Å². The fourth-order valence-corrected chi connectivity index (χ4v) is 9.95. The highest BCUT2D eigenvalue weighted by molar-refractivity contribution is 7.88. The predicted octanol–water partition coefficient (Wildman–Crippen LogP) is 6.49. The standard InChI is InChI=1S/C35H42N2O9S4/c1-23-14-15-27-26(20-23)34(3,4)29(36(27)16-10-18-48(38,39)40)12-8-7-9-13-30-35(5,6)32-25-22-31(50(44,45)46)47-33(25)24(2)21-28(32)37(30)17-11-19-49(41,42)43/h7-9,12-15,20-22H,10-11,16-19H2,1-6H3,(H2-,38,39,40,41,42,43,44,45,46)/p+1. The SMILES string of the molecule is Cc1ccc2c(c1)C(C)(C)C(/C=C/C=C/C=C1/N(CCCS(=O)(=O)O)c3cc(C)c4sc(S(=O)(=O)O)cc4c3C1(C)C)=[N+]2CCCS(=O)(=O)O. The first kappa shape index (κ1) is 38.1. The average molecular weight is 764 g/mol. The summed E-state index contributed by atoms with van der Waals surface area (Å²) in [6.07, 6.45) is 9.96. The lowest BCUT2D eigenvalue weighted by Crippen LogP contribution is -2.28. The van der Waals surface area contributed by atoms with Crippen LogP contribution >= 0.6 is 11.3 Å². The van der Waals surface area contributed by atoms with Gasteiger partial charge in [-0.2, -0.15) is 29.8 Å². The van der Waals surface area contributed by atoms with Crippen LogP contribution in [0.1, 0.15) is 62.8 Å². The lowest BCUT2D eigenvalue weighted by atomic mass is 9.81. The molecule has 11 nitrogen and oxygen atoms in total. The number of benzene rings is 2. The van der Waals surface area contributed by atoms with E-state index in [0.29, 0.717) is 11.9 Å². The number of hydrogen-bond acceptors (Lipinski definition) is 8. The van der Waals surface area contributed by atoms with Crippen molar-refractivity contribution in [3.63, 3.8) is 0 Å². The molecule has 0 saturated heterocycles. The van der Waals surface area contributed by atoms with Crippen LogP contribution < -0.4 is 4.90 Å². The molecule has 0 spiro atoms. The molecule has 0 fully saturated rings. The van der Waals surface area contributed by atoms with E-state index in [1.54, 1.807) is 0 Å². The van der Waals surface area contributed by atoms with Crippen LogP contribution in [-0.2, 0) is 41.2 Å². The van der Waals surface area contributed by atoms with E-state index in [9.17, 15) is 38.9 Å². The van der Waals surface area contributed by atoms with Gasteiger partial charge in [-0.15, -0.1) is 11.3 Å². The Kier molecular flexibility index (Phi) is 10.2. The summed E-state index contributed by atoms with van der Waals surface area (Å²) in [7, 11) is -12.7. The fourth-order valence-electron chi connectivity index (χ4n) is 7.16. The molecule has 50 heavy (non-hydrogen) atoms. The molecule has 5 rings (SSSR count). The lowest BCUT2D eigenvalue weighted by molar-refractivity contribution is -0.437. The second kappa shape index (κ2) is 13.4. The van der Waals surface area contributed by atoms with Crippen LogP contribution in [0, 0.1) is 13.8 Å². The van der Waals surface area contributed by atoms with Crippen molar-refractivity contribution in [1.82, 2.24) is 0 Å². The molecular weight excluding hydrogens is 721 g/mol. The van der Waals surface area contributed by atoms with Gasteiger partial charge in [0.05, 0.1) is 16.9 Å². The van der Waals surface area contributed by atoms with Gasteiger partial charge in [0.15, 0.2) is 5.71 Å². The van der Waals surface area contributed by atoms with E-state index >= 15 is 0 Å². The lowest BCUT2D eigenvalue weighted by Gasteiger charge is -2.27. The summed E-state index contributed by atoms with van der Waals surface area (Å²) in [6, 6.07) is 9.61. The number of aryl methyl sites for hydroxylation is 2. The zero-order valence-corrected chi connectivity index (χ0v) is 32.1. The maximum Gasteiger partial charge on any atom is 0.304 e. The van der Waals surface area contributed by atoms with Crippen molar-refractivity contribution in [3.8, 4) is 0 Å². The van der Waals surface area contributed by atoms with Crippen molar-refractivity contribution in [1.29, 1.82) is 0 Å². The molecule has 0 bridgehead atoms. The predicted molar refractivity (Wildman–Crippen MR) is 199 cm³/mol. The summed E-state index contributed by atoms with van der Waals surface area (Å²) in [5.74, 6) is -0.766. The smallest absolute Gasteiger partial charge is 0.304 e. The van der Waals surface area contributed by atoms with Gasteiger partial charge in [0, 0.05) is 57.6 Å². The van der Waals surface area contributed by atoms with Gasteiger partial charge in [-0.3, -0.25) is 13.7 Å². The third kappa shape index (κ3) is 7.69. The summed E-state index contributed by atoms with van der Waals surface area (Å²) in [5.41, 5.74) is 6.43. The third-order valence-corrected chi connectivity index (χ3v) is 13.6. The number of hydrogen-bond donors (Lipinski definition) is 3. The molecule has 3 heterocycles. The highest BCUT2D eigenvalue weighted by atomic mass is 32.3. The first-order valence-electron chi connectivity index (χ1n) is 16.1. The number of rotatable bonds is 12. The van der Waals surface area contributed by atoms with Crippen molar-refractivity contribution in [2.75, 3.05) is 29.5 Å². The minimum absolute atomic E-state index is 0.146. The highest BCUT2D eigenvalue weighted by Crippen LogP contribution is 2.53. The van der Waals surface area contributed by atoms with E-state index in [0.717, 1.165) is 61.1 Å². The number of allylic oxidation sites excluding steroid dienone is 6. The Morgan fingerprint density at radius 3 is 2.14 bits per heavy atom. The minimum atomic E-state index is -4.43. The van der Waals surface area contributed by atoms with E-state index in [4.69, 9.17) is 0 Å². The van der Waals surface area contributed by atoms with Crippen molar-refractivity contribution >= 4 is 68.9 Å². The summed E-state index contributed by atoms with van der Waals surface area (Å²) < 4.78 is 101. The first-order chi connectivity index (χ1) is 23.0. The van der Waals surface area contributed by atoms with Crippen LogP contribution in [0.4, 0.5) is 11.4 Å². The average Bonchev–Trinajstić information content (AvgIpc) is 3.57. The number of fused-ring (bicyclic) bond motifs is 4. The van der Waals surface area contributed by atoms with Crippen LogP contribution in [0.3, 0.4) is 0 Å². The first-order valence-corrected chi connectivity index (χ1v) is 21.5. The molecule has 2 aliphatic rings. The molecule has 0 radical (unpaired) electrons. The third-order valence-electron chi connectivity index (χ3n) is 9.39. The molecule has 2 aliphatic heterocycles. The van der Waals surface area contributed by atoms with Gasteiger partial charge in [0.25, 0.3) is 20.2 Å². The maximum atomic E-state index is 12.1.